The fraction of sp³-hybridized carbons (Fsp3) is 0.562. The summed E-state index contributed by atoms with van der Waals surface area (Å²) < 4.78 is 0. The van der Waals surface area contributed by atoms with Gasteiger partial charge in [0.2, 0.25) is 5.91 Å². The van der Waals surface area contributed by atoms with Gasteiger partial charge in [0.05, 0.1) is 6.17 Å². The first-order valence-electron chi connectivity index (χ1n) is 7.39. The zero-order chi connectivity index (χ0) is 14.1. The number of benzene rings is 1. The molecule has 3 nitrogen and oxygen atoms in total. The molecule has 2 heterocycles. The van der Waals surface area contributed by atoms with Crippen LogP contribution in [0.2, 0.25) is 0 Å². The van der Waals surface area contributed by atoms with Crippen LogP contribution in [0.3, 0.4) is 0 Å². The second kappa shape index (κ2) is 5.78. The van der Waals surface area contributed by atoms with Crippen molar-refractivity contribution in [1.29, 1.82) is 0 Å². The Balaban J connectivity index is 1.87. The Morgan fingerprint density at radius 1 is 1.30 bits per heavy atom. The van der Waals surface area contributed by atoms with E-state index in [1.54, 1.807) is 0 Å². The van der Waals surface area contributed by atoms with E-state index in [4.69, 9.17) is 0 Å². The van der Waals surface area contributed by atoms with E-state index in [0.29, 0.717) is 12.0 Å². The molecular weight excluding hydrogens is 268 g/mol. The van der Waals surface area contributed by atoms with Gasteiger partial charge in [0.25, 0.3) is 0 Å². The summed E-state index contributed by atoms with van der Waals surface area (Å²) in [4.78, 5) is 15.0. The van der Waals surface area contributed by atoms with Crippen molar-refractivity contribution < 1.29 is 4.79 Å². The van der Waals surface area contributed by atoms with Crippen molar-refractivity contribution in [3.05, 3.63) is 35.9 Å². The average Bonchev–Trinajstić information content (AvgIpc) is 3.06. The van der Waals surface area contributed by atoms with Crippen molar-refractivity contribution in [2.45, 2.75) is 38.5 Å². The quantitative estimate of drug-likeness (QED) is 0.929. The van der Waals surface area contributed by atoms with Crippen LogP contribution in [0, 0.1) is 5.92 Å². The van der Waals surface area contributed by atoms with Crippen molar-refractivity contribution in [3.63, 3.8) is 0 Å². The first kappa shape index (κ1) is 14.0. The highest BCUT2D eigenvalue weighted by Gasteiger charge is 2.44. The zero-order valence-electron chi connectivity index (χ0n) is 12.1. The fourth-order valence-corrected chi connectivity index (χ4v) is 4.36. The van der Waals surface area contributed by atoms with Crippen LogP contribution in [-0.2, 0) is 4.79 Å². The molecule has 0 radical (unpaired) electrons. The lowest BCUT2D eigenvalue weighted by molar-refractivity contribution is -0.132. The van der Waals surface area contributed by atoms with Gasteiger partial charge in [-0.3, -0.25) is 10.1 Å². The van der Waals surface area contributed by atoms with Gasteiger partial charge in [0.15, 0.2) is 0 Å². The van der Waals surface area contributed by atoms with Crippen LogP contribution in [0.25, 0.3) is 0 Å². The van der Waals surface area contributed by atoms with Gasteiger partial charge in [-0.15, -0.1) is 0 Å². The standard InChI is InChI=1S/C16H22N2OS/c1-11(2)15-17-14(12-6-4-3-5-7-12)16(19)18(15)13-8-9-20-10-13/h3-7,11,13-15,17H,8-10H2,1-2H3. The molecule has 2 aliphatic rings. The molecule has 3 unspecified atom stereocenters. The van der Waals surface area contributed by atoms with Gasteiger partial charge in [-0.05, 0) is 23.7 Å². The maximum absolute atomic E-state index is 12.9. The van der Waals surface area contributed by atoms with Gasteiger partial charge in [0, 0.05) is 11.8 Å². The lowest BCUT2D eigenvalue weighted by Crippen LogP contribution is -2.47. The van der Waals surface area contributed by atoms with E-state index >= 15 is 0 Å². The van der Waals surface area contributed by atoms with Crippen LogP contribution >= 0.6 is 11.8 Å². The molecule has 0 bridgehead atoms. The zero-order valence-corrected chi connectivity index (χ0v) is 12.9. The summed E-state index contributed by atoms with van der Waals surface area (Å²) in [5, 5.41) is 3.55. The van der Waals surface area contributed by atoms with Crippen LogP contribution in [-0.4, -0.2) is 34.5 Å². The molecule has 2 fully saturated rings. The summed E-state index contributed by atoms with van der Waals surface area (Å²) >= 11 is 1.96. The first-order chi connectivity index (χ1) is 9.68. The number of nitrogens with zero attached hydrogens (tertiary/aromatic N) is 1. The second-order valence-electron chi connectivity index (χ2n) is 5.96. The maximum atomic E-state index is 12.9. The second-order valence-corrected chi connectivity index (χ2v) is 7.11. The van der Waals surface area contributed by atoms with E-state index in [9.17, 15) is 4.79 Å². The molecule has 1 aromatic rings. The molecule has 3 rings (SSSR count). The Kier molecular flexibility index (Phi) is 4.03. The smallest absolute Gasteiger partial charge is 0.245 e. The molecule has 2 saturated heterocycles. The van der Waals surface area contributed by atoms with Crippen LogP contribution in [0.15, 0.2) is 30.3 Å². The molecule has 4 heteroatoms. The number of hydrogen-bond donors (Lipinski definition) is 1. The average molecular weight is 290 g/mol. The summed E-state index contributed by atoms with van der Waals surface area (Å²) in [5.74, 6) is 2.94. The molecule has 1 aromatic carbocycles. The van der Waals surface area contributed by atoms with Crippen molar-refractivity contribution >= 4 is 17.7 Å². The van der Waals surface area contributed by atoms with Gasteiger partial charge in [-0.2, -0.15) is 11.8 Å². The molecule has 1 amide bonds. The highest BCUT2D eigenvalue weighted by Crippen LogP contribution is 2.33. The van der Waals surface area contributed by atoms with Crippen LogP contribution in [0.4, 0.5) is 0 Å². The third-order valence-corrected chi connectivity index (χ3v) is 5.35. The molecule has 3 atom stereocenters. The predicted octanol–water partition coefficient (Wildman–Crippen LogP) is 2.65. The molecule has 0 saturated carbocycles. The molecule has 0 aromatic heterocycles. The molecule has 1 N–H and O–H groups in total. The third-order valence-electron chi connectivity index (χ3n) is 4.20. The van der Waals surface area contributed by atoms with E-state index in [1.165, 1.54) is 5.75 Å². The Labute approximate surface area is 125 Å². The normalized spacial score (nSPS) is 30.4. The van der Waals surface area contributed by atoms with E-state index in [0.717, 1.165) is 17.7 Å². The summed E-state index contributed by atoms with van der Waals surface area (Å²) in [5.41, 5.74) is 1.08. The SMILES string of the molecule is CC(C)C1NC(c2ccccc2)C(=O)N1C1CCSC1. The Morgan fingerprint density at radius 2 is 2.05 bits per heavy atom. The van der Waals surface area contributed by atoms with Crippen LogP contribution in [0.1, 0.15) is 31.9 Å². The van der Waals surface area contributed by atoms with Gasteiger partial charge in [-0.25, -0.2) is 0 Å². The maximum Gasteiger partial charge on any atom is 0.245 e. The van der Waals surface area contributed by atoms with Crippen molar-refractivity contribution in [1.82, 2.24) is 10.2 Å². The fourth-order valence-electron chi connectivity index (χ4n) is 3.15. The largest absolute Gasteiger partial charge is 0.321 e. The topological polar surface area (TPSA) is 32.3 Å². The summed E-state index contributed by atoms with van der Waals surface area (Å²) in [6.45, 7) is 4.38. The van der Waals surface area contributed by atoms with Crippen molar-refractivity contribution in [2.75, 3.05) is 11.5 Å². The molecule has 0 aliphatic carbocycles. The number of amides is 1. The van der Waals surface area contributed by atoms with Gasteiger partial charge in [-0.1, -0.05) is 44.2 Å². The lowest BCUT2D eigenvalue weighted by atomic mass is 10.1. The highest BCUT2D eigenvalue weighted by atomic mass is 32.2. The molecule has 20 heavy (non-hydrogen) atoms. The Morgan fingerprint density at radius 3 is 2.65 bits per heavy atom. The predicted molar refractivity (Wildman–Crippen MR) is 83.5 cm³/mol. The molecule has 2 aliphatic heterocycles. The highest BCUT2D eigenvalue weighted by molar-refractivity contribution is 7.99. The van der Waals surface area contributed by atoms with E-state index in [-0.39, 0.29) is 18.1 Å². The third kappa shape index (κ3) is 2.47. The monoisotopic (exact) mass is 290 g/mol. The molecule has 108 valence electrons. The van der Waals surface area contributed by atoms with Crippen LogP contribution < -0.4 is 5.32 Å². The number of nitrogens with one attached hydrogen (secondary N) is 1. The minimum Gasteiger partial charge on any atom is -0.321 e. The first-order valence-corrected chi connectivity index (χ1v) is 8.55. The van der Waals surface area contributed by atoms with Gasteiger partial charge in [0.1, 0.15) is 6.04 Å². The number of carbonyl (C=O) groups excluding carboxylic acids is 1. The Bertz CT molecular complexity index is 471. The summed E-state index contributed by atoms with van der Waals surface area (Å²) in [6.07, 6.45) is 1.29. The van der Waals surface area contributed by atoms with E-state index < -0.39 is 0 Å². The van der Waals surface area contributed by atoms with Gasteiger partial charge < -0.3 is 4.90 Å². The molecule has 0 spiro atoms. The number of hydrogen-bond acceptors (Lipinski definition) is 3. The van der Waals surface area contributed by atoms with E-state index in [1.807, 2.05) is 42.1 Å². The number of carbonyl (C=O) groups is 1. The Hall–Kier alpha value is -1.00. The van der Waals surface area contributed by atoms with Crippen molar-refractivity contribution in [3.8, 4) is 0 Å². The minimum atomic E-state index is -0.172. The molecular formula is C16H22N2OS. The van der Waals surface area contributed by atoms with Gasteiger partial charge >= 0.3 is 0 Å². The number of thioether (sulfide) groups is 1. The van der Waals surface area contributed by atoms with E-state index in [2.05, 4.69) is 24.1 Å². The minimum absolute atomic E-state index is 0.163. The summed E-state index contributed by atoms with van der Waals surface area (Å²) in [6, 6.07) is 10.3. The number of rotatable bonds is 3. The lowest BCUT2D eigenvalue weighted by Gasteiger charge is -2.32. The summed E-state index contributed by atoms with van der Waals surface area (Å²) in [7, 11) is 0. The van der Waals surface area contributed by atoms with Crippen molar-refractivity contribution in [2.24, 2.45) is 5.92 Å². The van der Waals surface area contributed by atoms with Crippen LogP contribution in [0.5, 0.6) is 0 Å².